The molecule has 0 spiro atoms. The SMILES string of the molecule is C1CCC(C2CCCCC2)CC1.C1CCC(C2CCCCC2)CC1.C[C@H](NC(=O)[C@@H](C)O[C@H]1C(O)C(CO)OC(O)[C@H]1C)C(=O)N[C@H](CCC(=O)NCCCC1CCCCC1)C(=O)O. The number of carbonyl (C=O) groups excluding carboxylic acids is 3. The molecule has 1 heterocycles. The number of hydrogen-bond donors (Lipinski definition) is 7. The van der Waals surface area contributed by atoms with Crippen LogP contribution in [0, 0.1) is 35.5 Å². The second kappa shape index (κ2) is 30.1. The van der Waals surface area contributed by atoms with E-state index in [-0.39, 0.29) is 18.7 Å². The van der Waals surface area contributed by atoms with Crippen LogP contribution in [0.1, 0.15) is 207 Å². The van der Waals surface area contributed by atoms with Gasteiger partial charge in [0.1, 0.15) is 30.4 Å². The molecule has 5 aliphatic carbocycles. The predicted octanol–water partition coefficient (Wildman–Crippen LogP) is 8.09. The van der Waals surface area contributed by atoms with Crippen molar-refractivity contribution in [3.63, 3.8) is 0 Å². The summed E-state index contributed by atoms with van der Waals surface area (Å²) in [5.74, 6) is 1.52. The topological polar surface area (TPSA) is 204 Å². The number of ether oxygens (including phenoxy) is 2. The lowest BCUT2D eigenvalue weighted by atomic mass is 9.73. The van der Waals surface area contributed by atoms with Gasteiger partial charge in [0, 0.05) is 18.9 Å². The van der Waals surface area contributed by atoms with Crippen LogP contribution in [0.2, 0.25) is 0 Å². The fraction of sp³-hybridized carbons (Fsp3) is 0.922. The van der Waals surface area contributed by atoms with Crippen molar-refractivity contribution in [2.75, 3.05) is 13.2 Å². The van der Waals surface area contributed by atoms with Crippen molar-refractivity contribution in [1.29, 1.82) is 0 Å². The largest absolute Gasteiger partial charge is 0.480 e. The summed E-state index contributed by atoms with van der Waals surface area (Å²) in [4.78, 5) is 49.1. The van der Waals surface area contributed by atoms with Crippen molar-refractivity contribution >= 4 is 23.7 Å². The molecule has 8 atom stereocenters. The van der Waals surface area contributed by atoms with Crippen molar-refractivity contribution in [2.45, 2.75) is 250 Å². The molecule has 1 saturated heterocycles. The lowest BCUT2D eigenvalue weighted by Gasteiger charge is -2.41. The third-order valence-electron chi connectivity index (χ3n) is 15.7. The zero-order valence-electron chi connectivity index (χ0n) is 40.2. The van der Waals surface area contributed by atoms with E-state index in [1.54, 1.807) is 58.3 Å². The van der Waals surface area contributed by atoms with Crippen LogP contribution in [0.25, 0.3) is 0 Å². The highest BCUT2D eigenvalue weighted by Gasteiger charge is 2.44. The maximum absolute atomic E-state index is 12.6. The van der Waals surface area contributed by atoms with Crippen LogP contribution < -0.4 is 16.0 Å². The Morgan fingerprint density at radius 2 is 1.11 bits per heavy atom. The molecular weight excluding hydrogens is 815 g/mol. The molecule has 7 N–H and O–H groups in total. The summed E-state index contributed by atoms with van der Waals surface area (Å²) in [6, 6.07) is -2.44. The number of aliphatic hydroxyl groups is 3. The van der Waals surface area contributed by atoms with Crippen LogP contribution in [0.4, 0.5) is 0 Å². The van der Waals surface area contributed by atoms with E-state index in [4.69, 9.17) is 9.47 Å². The van der Waals surface area contributed by atoms with E-state index in [9.17, 15) is 39.6 Å². The van der Waals surface area contributed by atoms with Gasteiger partial charge in [0.05, 0.1) is 12.7 Å². The van der Waals surface area contributed by atoms with Gasteiger partial charge in [0.25, 0.3) is 0 Å². The van der Waals surface area contributed by atoms with Gasteiger partial charge in [-0.1, -0.05) is 167 Å². The minimum Gasteiger partial charge on any atom is -0.480 e. The fourth-order valence-corrected chi connectivity index (χ4v) is 11.6. The van der Waals surface area contributed by atoms with E-state index in [1.807, 2.05) is 0 Å². The first-order valence-electron chi connectivity index (χ1n) is 26.3. The lowest BCUT2D eigenvalue weighted by molar-refractivity contribution is -0.278. The molecule has 5 saturated carbocycles. The minimum absolute atomic E-state index is 0.0708. The molecule has 3 unspecified atom stereocenters. The first-order chi connectivity index (χ1) is 30.9. The summed E-state index contributed by atoms with van der Waals surface area (Å²) in [6.45, 7) is 4.29. The number of aliphatic hydroxyl groups excluding tert-OH is 3. The van der Waals surface area contributed by atoms with Crippen molar-refractivity contribution in [2.24, 2.45) is 35.5 Å². The van der Waals surface area contributed by atoms with Crippen molar-refractivity contribution in [3.8, 4) is 0 Å². The average molecular weight is 906 g/mol. The van der Waals surface area contributed by atoms with Gasteiger partial charge in [0.2, 0.25) is 17.7 Å². The van der Waals surface area contributed by atoms with Gasteiger partial charge in [0.15, 0.2) is 6.29 Å². The number of hydrogen-bond acceptors (Lipinski definition) is 9. The minimum atomic E-state index is -1.32. The summed E-state index contributed by atoms with van der Waals surface area (Å²) < 4.78 is 10.8. The van der Waals surface area contributed by atoms with Gasteiger partial charge in [-0.3, -0.25) is 14.4 Å². The van der Waals surface area contributed by atoms with Crippen molar-refractivity contribution < 1.29 is 49.1 Å². The Bertz CT molecular complexity index is 1260. The number of carboxylic acid groups (broad SMARTS) is 1. The second-order valence-electron chi connectivity index (χ2n) is 20.6. The highest BCUT2D eigenvalue weighted by Crippen LogP contribution is 2.39. The maximum Gasteiger partial charge on any atom is 0.326 e. The summed E-state index contributed by atoms with van der Waals surface area (Å²) in [7, 11) is 0. The number of aliphatic carboxylic acids is 1. The highest BCUT2D eigenvalue weighted by atomic mass is 16.6. The van der Waals surface area contributed by atoms with Gasteiger partial charge in [-0.25, -0.2) is 4.79 Å². The third-order valence-corrected chi connectivity index (χ3v) is 15.7. The Balaban J connectivity index is 0.000000296. The first kappa shape index (κ1) is 54.3. The van der Waals surface area contributed by atoms with Crippen LogP contribution >= 0.6 is 0 Å². The summed E-state index contributed by atoms with van der Waals surface area (Å²) in [5.41, 5.74) is 0. The molecule has 0 aromatic carbocycles. The molecular formula is C51H91N3O10. The van der Waals surface area contributed by atoms with E-state index in [1.165, 1.54) is 123 Å². The number of amides is 3. The van der Waals surface area contributed by atoms with Crippen LogP contribution in [0.5, 0.6) is 0 Å². The van der Waals surface area contributed by atoms with Crippen LogP contribution in [0.15, 0.2) is 0 Å². The molecule has 370 valence electrons. The maximum atomic E-state index is 12.6. The molecule has 6 fully saturated rings. The van der Waals surface area contributed by atoms with Gasteiger partial charge in [-0.15, -0.1) is 0 Å². The standard InChI is InChI=1S/C27H47N3O10.2C12H22/c1-15-23(22(33)20(14-31)40-27(15)38)39-17(3)25(35)29-16(2)24(34)30-19(26(36)37)11-12-21(32)28-13-7-10-18-8-5-4-6-9-18;2*1-3-7-11(8-4-1)12-9-5-2-6-10-12/h15-20,22-23,27,31,33,38H,4-14H2,1-3H3,(H,28,32)(H,29,35)(H,30,34)(H,36,37);2*11-12H,1-10H2/t15-,16-,17+,19+,20?,22?,23+,27?;;/m0../s1. The monoisotopic (exact) mass is 906 g/mol. The Hall–Kier alpha value is -2.32. The van der Waals surface area contributed by atoms with Crippen molar-refractivity contribution in [1.82, 2.24) is 16.0 Å². The number of rotatable bonds is 17. The van der Waals surface area contributed by atoms with E-state index < -0.39 is 73.1 Å². The van der Waals surface area contributed by atoms with Crippen LogP contribution in [-0.4, -0.2) is 100 Å². The quantitative estimate of drug-likeness (QED) is 0.0699. The normalized spacial score (nSPS) is 28.2. The zero-order chi connectivity index (χ0) is 46.3. The predicted molar refractivity (Wildman–Crippen MR) is 249 cm³/mol. The molecule has 1 aliphatic heterocycles. The van der Waals surface area contributed by atoms with E-state index in [0.717, 1.165) is 42.4 Å². The van der Waals surface area contributed by atoms with Gasteiger partial charge < -0.3 is 45.9 Å². The Morgan fingerprint density at radius 3 is 1.55 bits per heavy atom. The molecule has 13 nitrogen and oxygen atoms in total. The molecule has 0 bridgehead atoms. The molecule has 6 aliphatic rings. The molecule has 6 rings (SSSR count). The number of nitrogens with one attached hydrogen (secondary N) is 3. The van der Waals surface area contributed by atoms with Gasteiger partial charge >= 0.3 is 5.97 Å². The fourth-order valence-electron chi connectivity index (χ4n) is 11.6. The Labute approximate surface area is 386 Å². The summed E-state index contributed by atoms with van der Waals surface area (Å²) in [5, 5.41) is 46.8. The molecule has 3 amide bonds. The van der Waals surface area contributed by atoms with E-state index in [0.29, 0.717) is 6.54 Å². The Kier molecular flexibility index (Phi) is 25.6. The number of carboxylic acids is 1. The van der Waals surface area contributed by atoms with Gasteiger partial charge in [-0.2, -0.15) is 0 Å². The van der Waals surface area contributed by atoms with E-state index in [2.05, 4.69) is 16.0 Å². The lowest BCUT2D eigenvalue weighted by Crippen LogP contribution is -2.58. The average Bonchev–Trinajstić information content (AvgIpc) is 3.33. The van der Waals surface area contributed by atoms with Gasteiger partial charge in [-0.05, 0) is 62.7 Å². The summed E-state index contributed by atoms with van der Waals surface area (Å²) >= 11 is 0. The highest BCUT2D eigenvalue weighted by molar-refractivity contribution is 5.91. The smallest absolute Gasteiger partial charge is 0.326 e. The molecule has 0 aromatic heterocycles. The zero-order valence-corrected chi connectivity index (χ0v) is 40.2. The Morgan fingerprint density at radius 1 is 0.656 bits per heavy atom. The third kappa shape index (κ3) is 19.1. The molecule has 0 radical (unpaired) electrons. The second-order valence-corrected chi connectivity index (χ2v) is 20.6. The van der Waals surface area contributed by atoms with Crippen molar-refractivity contribution in [3.05, 3.63) is 0 Å². The summed E-state index contributed by atoms with van der Waals surface area (Å²) in [6.07, 6.45) is 33.0. The molecule has 13 heteroatoms. The van der Waals surface area contributed by atoms with Crippen LogP contribution in [-0.2, 0) is 28.7 Å². The molecule has 0 aromatic rings. The van der Waals surface area contributed by atoms with Crippen LogP contribution in [0.3, 0.4) is 0 Å². The van der Waals surface area contributed by atoms with E-state index >= 15 is 0 Å². The first-order valence-corrected chi connectivity index (χ1v) is 26.3. The number of carbonyl (C=O) groups is 4. The molecule has 64 heavy (non-hydrogen) atoms.